The van der Waals surface area contributed by atoms with E-state index < -0.39 is 97.1 Å². The third-order valence-electron chi connectivity index (χ3n) is 7.90. The lowest BCUT2D eigenvalue weighted by Gasteiger charge is -2.49. The van der Waals surface area contributed by atoms with Crippen LogP contribution < -0.4 is 27.4 Å². The molecule has 1 aliphatic carbocycles. The van der Waals surface area contributed by atoms with E-state index in [1.807, 2.05) is 0 Å². The average molecular weight is 614 g/mol. The van der Waals surface area contributed by atoms with Crippen LogP contribution in [0, 0.1) is 0 Å². The first-order chi connectivity index (χ1) is 19.8. The Balaban J connectivity index is 1.82. The second kappa shape index (κ2) is 15.2. The van der Waals surface area contributed by atoms with E-state index in [9.17, 15) is 40.5 Å². The number of ether oxygens (including phenoxy) is 4. The largest absolute Gasteiger partial charge is 0.395 e. The average Bonchev–Trinajstić information content (AvgIpc) is 2.94. The van der Waals surface area contributed by atoms with Gasteiger partial charge in [-0.05, 0) is 20.4 Å². The van der Waals surface area contributed by atoms with Gasteiger partial charge in [-0.25, -0.2) is 0 Å². The van der Waals surface area contributed by atoms with Crippen LogP contribution in [0.15, 0.2) is 0 Å². The fourth-order valence-electron chi connectivity index (χ4n) is 5.52. The van der Waals surface area contributed by atoms with Crippen molar-refractivity contribution in [2.75, 3.05) is 39.9 Å². The lowest BCUT2D eigenvalue weighted by atomic mass is 9.83. The fraction of sp³-hybridized carbons (Fsp3) is 0.958. The Morgan fingerprint density at radius 2 is 1.71 bits per heavy atom. The first-order valence-corrected chi connectivity index (χ1v) is 13.9. The van der Waals surface area contributed by atoms with Gasteiger partial charge in [-0.15, -0.1) is 0 Å². The predicted octanol–water partition coefficient (Wildman–Crippen LogP) is -7.90. The smallest absolute Gasteiger partial charge is 0.250 e. The predicted molar refractivity (Wildman–Crippen MR) is 141 cm³/mol. The molecule has 0 radical (unpaired) electrons. The maximum atomic E-state index is 12.5. The lowest BCUT2D eigenvalue weighted by molar-refractivity contribution is -0.330. The third-order valence-corrected chi connectivity index (χ3v) is 7.90. The summed E-state index contributed by atoms with van der Waals surface area (Å²) in [7, 11) is 1.52. The molecule has 3 rings (SSSR count). The van der Waals surface area contributed by atoms with Gasteiger partial charge in [-0.1, -0.05) is 0 Å². The van der Waals surface area contributed by atoms with Gasteiger partial charge in [0.1, 0.15) is 60.5 Å². The molecule has 15 N–H and O–H groups in total. The molecule has 0 aromatic heterocycles. The Kier molecular flexibility index (Phi) is 12.8. The number of aliphatic hydroxyl groups excluding tert-OH is 7. The van der Waals surface area contributed by atoms with Crippen molar-refractivity contribution >= 4 is 5.91 Å². The third kappa shape index (κ3) is 7.91. The van der Waals surface area contributed by atoms with Crippen molar-refractivity contribution in [1.82, 2.24) is 16.0 Å². The minimum absolute atomic E-state index is 0.0126. The maximum Gasteiger partial charge on any atom is 0.250 e. The van der Waals surface area contributed by atoms with Crippen molar-refractivity contribution < 1.29 is 64.6 Å². The number of carbonyl (C=O) groups excluding carboxylic acids is 1. The second-order valence-corrected chi connectivity index (χ2v) is 11.2. The van der Waals surface area contributed by atoms with Gasteiger partial charge >= 0.3 is 0 Å². The minimum atomic E-state index is -1.74. The SMILES string of the molecule is CN[C@@H]1[C@@H](O)[C@@H](O[C@H]2[C@H](NC(=O)[C@@H](O)CN)C[C@H](N)C(O[C@H]3O[C@H](CNCCO)[C@@H](O)[C@H](O)[C@H]3O)[C@@H]2O)OC[C@]1(C)O. The van der Waals surface area contributed by atoms with Gasteiger partial charge in [-0.3, -0.25) is 4.79 Å². The van der Waals surface area contributed by atoms with E-state index in [1.54, 1.807) is 0 Å². The van der Waals surface area contributed by atoms with Crippen LogP contribution in [0.3, 0.4) is 0 Å². The first-order valence-electron chi connectivity index (χ1n) is 13.9. The Morgan fingerprint density at radius 3 is 2.33 bits per heavy atom. The number of nitrogens with two attached hydrogens (primary N) is 2. The number of amides is 1. The summed E-state index contributed by atoms with van der Waals surface area (Å²) < 4.78 is 23.0. The molecular weight excluding hydrogens is 566 g/mol. The monoisotopic (exact) mass is 613 g/mol. The summed E-state index contributed by atoms with van der Waals surface area (Å²) in [6, 6.07) is -2.96. The van der Waals surface area contributed by atoms with Gasteiger partial charge in [0, 0.05) is 25.7 Å². The van der Waals surface area contributed by atoms with Crippen LogP contribution >= 0.6 is 0 Å². The Bertz CT molecular complexity index is 862. The first kappa shape index (κ1) is 35.3. The van der Waals surface area contributed by atoms with Gasteiger partial charge in [0.05, 0.1) is 25.3 Å². The highest BCUT2D eigenvalue weighted by Gasteiger charge is 2.53. The van der Waals surface area contributed by atoms with Crippen molar-refractivity contribution in [3.63, 3.8) is 0 Å². The zero-order valence-electron chi connectivity index (χ0n) is 23.6. The fourth-order valence-corrected chi connectivity index (χ4v) is 5.52. The van der Waals surface area contributed by atoms with E-state index >= 15 is 0 Å². The van der Waals surface area contributed by atoms with Crippen molar-refractivity contribution in [1.29, 1.82) is 0 Å². The summed E-state index contributed by atoms with van der Waals surface area (Å²) in [5, 5.41) is 91.2. The molecule has 1 unspecified atom stereocenters. The molecule has 2 aliphatic heterocycles. The quantitative estimate of drug-likeness (QED) is 0.0909. The van der Waals surface area contributed by atoms with Crippen LogP contribution in [0.25, 0.3) is 0 Å². The number of carbonyl (C=O) groups is 1. The molecule has 0 spiro atoms. The molecule has 246 valence electrons. The van der Waals surface area contributed by atoms with E-state index in [0.717, 1.165) is 0 Å². The van der Waals surface area contributed by atoms with E-state index in [4.69, 9.17) is 35.5 Å². The standard InChI is InChI=1S/C24H47N5O13/c1-24(38)8-39-22(17(36)20(24)27-2)42-19-10(29-21(37)11(31)6-25)5-9(26)18(16(19)35)41-23-15(34)14(33)13(32)12(40-23)7-28-3-4-30/h9-20,22-23,27-28,30-36,38H,3-8,25-26H2,1-2H3,(H,29,37)/t9-,10+,11-,12+,13+,14-,15+,16-,17+,18?,19-,20+,22+,23+,24-/m0/s1. The van der Waals surface area contributed by atoms with E-state index in [1.165, 1.54) is 14.0 Å². The molecule has 0 bridgehead atoms. The van der Waals surface area contributed by atoms with Crippen molar-refractivity contribution in [3.05, 3.63) is 0 Å². The highest BCUT2D eigenvalue weighted by molar-refractivity contribution is 5.81. The Labute approximate surface area is 242 Å². The lowest BCUT2D eigenvalue weighted by Crippen LogP contribution is -2.70. The summed E-state index contributed by atoms with van der Waals surface area (Å²) in [5.41, 5.74) is 10.2. The second-order valence-electron chi connectivity index (χ2n) is 11.2. The molecule has 2 saturated heterocycles. The summed E-state index contributed by atoms with van der Waals surface area (Å²) in [6.45, 7) is 0.794. The Hall–Kier alpha value is -1.17. The van der Waals surface area contributed by atoms with Crippen molar-refractivity contribution in [2.24, 2.45) is 11.5 Å². The topological polar surface area (TPSA) is 304 Å². The number of likely N-dealkylation sites (N-methyl/N-ethyl adjacent to an activating group) is 1. The molecule has 42 heavy (non-hydrogen) atoms. The van der Waals surface area contributed by atoms with Crippen molar-refractivity contribution in [3.8, 4) is 0 Å². The van der Waals surface area contributed by atoms with E-state index in [2.05, 4.69) is 16.0 Å². The molecule has 1 saturated carbocycles. The zero-order valence-corrected chi connectivity index (χ0v) is 23.6. The number of aliphatic hydroxyl groups is 8. The summed E-state index contributed by atoms with van der Waals surface area (Å²) in [5.74, 6) is -0.864. The van der Waals surface area contributed by atoms with Gasteiger partial charge in [0.2, 0.25) is 5.91 Å². The molecule has 3 aliphatic rings. The summed E-state index contributed by atoms with van der Waals surface area (Å²) in [6.07, 6.45) is -16.4. The minimum Gasteiger partial charge on any atom is -0.395 e. The number of rotatable bonds is 12. The molecule has 0 aromatic carbocycles. The number of hydrogen-bond donors (Lipinski definition) is 13. The molecule has 0 aromatic rings. The maximum absolute atomic E-state index is 12.5. The number of nitrogens with one attached hydrogen (secondary N) is 3. The number of hydrogen-bond acceptors (Lipinski definition) is 17. The molecule has 15 atom stereocenters. The van der Waals surface area contributed by atoms with Crippen LogP contribution in [-0.4, -0.2) is 178 Å². The molecule has 18 heteroatoms. The van der Waals surface area contributed by atoms with Gasteiger partial charge < -0.3 is 87.2 Å². The molecule has 2 heterocycles. The van der Waals surface area contributed by atoms with Crippen molar-refractivity contribution in [2.45, 2.75) is 105 Å². The highest BCUT2D eigenvalue weighted by atomic mass is 16.7. The van der Waals surface area contributed by atoms with Crippen LogP contribution in [-0.2, 0) is 23.7 Å². The summed E-state index contributed by atoms with van der Waals surface area (Å²) >= 11 is 0. The van der Waals surface area contributed by atoms with Crippen LogP contribution in [0.2, 0.25) is 0 Å². The van der Waals surface area contributed by atoms with E-state index in [0.29, 0.717) is 0 Å². The normalized spacial score (nSPS) is 45.4. The van der Waals surface area contributed by atoms with Gasteiger partial charge in [-0.2, -0.15) is 0 Å². The van der Waals surface area contributed by atoms with Crippen LogP contribution in [0.5, 0.6) is 0 Å². The molecule has 1 amide bonds. The summed E-state index contributed by atoms with van der Waals surface area (Å²) in [4.78, 5) is 12.5. The molecule has 3 fully saturated rings. The molecular formula is C24H47N5O13. The van der Waals surface area contributed by atoms with Gasteiger partial charge in [0.25, 0.3) is 0 Å². The van der Waals surface area contributed by atoms with Crippen LogP contribution in [0.1, 0.15) is 13.3 Å². The van der Waals surface area contributed by atoms with Crippen LogP contribution in [0.4, 0.5) is 0 Å². The van der Waals surface area contributed by atoms with Gasteiger partial charge in [0.15, 0.2) is 12.6 Å². The highest BCUT2D eigenvalue weighted by Crippen LogP contribution is 2.32. The Morgan fingerprint density at radius 1 is 1.05 bits per heavy atom. The zero-order chi connectivity index (χ0) is 31.4. The molecule has 18 nitrogen and oxygen atoms in total. The van der Waals surface area contributed by atoms with E-state index in [-0.39, 0.29) is 39.3 Å².